The second kappa shape index (κ2) is 24.4. The van der Waals surface area contributed by atoms with E-state index in [1.807, 2.05) is 0 Å². The Kier molecular flexibility index (Phi) is 27.3. The van der Waals surface area contributed by atoms with E-state index in [0.29, 0.717) is 6.42 Å². The third-order valence-corrected chi connectivity index (χ3v) is 3.92. The molecule has 8 nitrogen and oxygen atoms in total. The van der Waals surface area contributed by atoms with Crippen LogP contribution < -0.4 is 68.9 Å². The average molecular weight is 494 g/mol. The standard InChI is InChI=1S/C22H27O8P.2Na/c1-3-5-7-9-11-13-14-16-21(23)28-18-20(19-29-31(25,26)27)30-22(24)17-15-12-10-8-6-4-2;;/h20H,4,6,8,10,12,15,17-19H2,1-2H3,(H2,25,26,27);;/q;2*+1/p-2/t20-;;/m0../s1. The molecule has 33 heavy (non-hydrogen) atoms. The van der Waals surface area contributed by atoms with E-state index in [0.717, 1.165) is 32.1 Å². The van der Waals surface area contributed by atoms with Gasteiger partial charge in [0.05, 0.1) is 14.4 Å². The van der Waals surface area contributed by atoms with Crippen molar-refractivity contribution in [2.75, 3.05) is 13.2 Å². The molecule has 0 aromatic carbocycles. The van der Waals surface area contributed by atoms with Gasteiger partial charge in [0.2, 0.25) is 0 Å². The Labute approximate surface area is 240 Å². The van der Waals surface area contributed by atoms with E-state index in [1.54, 1.807) is 6.92 Å². The minimum absolute atomic E-state index is 0. The third-order valence-electron chi connectivity index (χ3n) is 3.45. The number of phosphoric acid groups is 1. The summed E-state index contributed by atoms with van der Waals surface area (Å²) in [6.07, 6.45) is 4.65. The maximum Gasteiger partial charge on any atom is 1.00 e. The van der Waals surface area contributed by atoms with Crippen LogP contribution in [0.5, 0.6) is 0 Å². The zero-order valence-corrected chi connectivity index (χ0v) is 24.5. The molecule has 0 saturated heterocycles. The molecule has 0 saturated carbocycles. The molecule has 0 aromatic heterocycles. The topological polar surface area (TPSA) is 125 Å². The van der Waals surface area contributed by atoms with Gasteiger partial charge in [0.25, 0.3) is 0 Å². The minimum Gasteiger partial charge on any atom is -0.790 e. The Bertz CT molecular complexity index is 869. The Morgan fingerprint density at radius 1 is 0.879 bits per heavy atom. The molecule has 0 unspecified atom stereocenters. The van der Waals surface area contributed by atoms with Crippen molar-refractivity contribution in [2.24, 2.45) is 0 Å². The summed E-state index contributed by atoms with van der Waals surface area (Å²) in [6, 6.07) is 0. The fraction of sp³-hybridized carbons (Fsp3) is 0.545. The first-order valence-corrected chi connectivity index (χ1v) is 11.2. The van der Waals surface area contributed by atoms with Crippen LogP contribution in [-0.4, -0.2) is 31.3 Å². The van der Waals surface area contributed by atoms with E-state index in [2.05, 4.69) is 58.8 Å². The van der Waals surface area contributed by atoms with E-state index in [1.165, 1.54) is 0 Å². The van der Waals surface area contributed by atoms with Crippen LogP contribution >= 0.6 is 7.82 Å². The second-order valence-corrected chi connectivity index (χ2v) is 7.25. The van der Waals surface area contributed by atoms with Crippen LogP contribution in [0.3, 0.4) is 0 Å². The van der Waals surface area contributed by atoms with E-state index >= 15 is 0 Å². The molecule has 1 atom stereocenters. The Balaban J connectivity index is -0.00000450. The van der Waals surface area contributed by atoms with Crippen LogP contribution in [0.25, 0.3) is 0 Å². The largest absolute Gasteiger partial charge is 1.00 e. The fourth-order valence-corrected chi connectivity index (χ4v) is 2.41. The molecule has 0 fully saturated rings. The zero-order valence-electron chi connectivity index (χ0n) is 19.7. The Morgan fingerprint density at radius 2 is 1.45 bits per heavy atom. The van der Waals surface area contributed by atoms with Gasteiger partial charge in [-0.3, -0.25) is 4.79 Å². The van der Waals surface area contributed by atoms with Crippen molar-refractivity contribution in [3.05, 3.63) is 0 Å². The zero-order chi connectivity index (χ0) is 23.4. The van der Waals surface area contributed by atoms with Crippen molar-refractivity contribution in [3.63, 3.8) is 0 Å². The number of phosphoric ester groups is 1. The smallest absolute Gasteiger partial charge is 0.790 e. The Hall–Kier alpha value is -0.710. The van der Waals surface area contributed by atoms with Gasteiger partial charge in [-0.1, -0.05) is 44.9 Å². The van der Waals surface area contributed by atoms with Gasteiger partial charge in [-0.05, 0) is 48.9 Å². The predicted octanol–water partition coefficient (Wildman–Crippen LogP) is -4.92. The number of esters is 2. The molecule has 0 radical (unpaired) electrons. The summed E-state index contributed by atoms with van der Waals surface area (Å²) >= 11 is 0. The summed E-state index contributed by atoms with van der Waals surface area (Å²) in [4.78, 5) is 44.8. The summed E-state index contributed by atoms with van der Waals surface area (Å²) in [7, 11) is -5.28. The molecule has 0 amide bonds. The number of ether oxygens (including phenoxy) is 2. The van der Waals surface area contributed by atoms with Crippen molar-refractivity contribution in [2.45, 2.75) is 64.9 Å². The molecule has 0 N–H and O–H groups in total. The van der Waals surface area contributed by atoms with Crippen molar-refractivity contribution in [1.29, 1.82) is 0 Å². The van der Waals surface area contributed by atoms with E-state index in [9.17, 15) is 23.9 Å². The predicted molar refractivity (Wildman–Crippen MR) is 109 cm³/mol. The van der Waals surface area contributed by atoms with Crippen LogP contribution in [0.1, 0.15) is 58.8 Å². The van der Waals surface area contributed by atoms with Gasteiger partial charge in [0.1, 0.15) is 6.61 Å². The summed E-state index contributed by atoms with van der Waals surface area (Å²) in [6.45, 7) is 2.43. The van der Waals surface area contributed by atoms with Crippen LogP contribution in [0.4, 0.5) is 0 Å². The molecule has 0 spiro atoms. The van der Waals surface area contributed by atoms with E-state index in [4.69, 9.17) is 9.47 Å². The Morgan fingerprint density at radius 3 is 2.06 bits per heavy atom. The van der Waals surface area contributed by atoms with E-state index in [-0.39, 0.29) is 65.5 Å². The van der Waals surface area contributed by atoms with Crippen molar-refractivity contribution in [3.8, 4) is 47.4 Å². The SMILES string of the molecule is CC#CC#CC#CC#CC(=O)OC[C@@H](COP(=O)([O-])[O-])OC(=O)CCCCCCCC.[Na+].[Na+]. The summed E-state index contributed by atoms with van der Waals surface area (Å²) < 4.78 is 24.7. The first-order valence-electron chi connectivity index (χ1n) is 9.74. The number of unbranched alkanes of at least 4 members (excludes halogenated alkanes) is 5. The summed E-state index contributed by atoms with van der Waals surface area (Å²) in [5, 5.41) is 0. The molecule has 11 heteroatoms. The molecular formula is C22H25Na2O8P. The molecule has 0 heterocycles. The molecule has 0 bridgehead atoms. The number of carbonyl (C=O) groups is 2. The first kappa shape index (κ1) is 36.9. The molecule has 168 valence electrons. The van der Waals surface area contributed by atoms with Crippen molar-refractivity contribution < 1.29 is 97.1 Å². The monoisotopic (exact) mass is 494 g/mol. The van der Waals surface area contributed by atoms with E-state index < -0.39 is 39.1 Å². The first-order chi connectivity index (χ1) is 14.8. The van der Waals surface area contributed by atoms with Crippen LogP contribution in [0.15, 0.2) is 0 Å². The fourth-order valence-electron chi connectivity index (χ4n) is 2.06. The summed E-state index contributed by atoms with van der Waals surface area (Å²) in [5.74, 6) is 17.2. The minimum atomic E-state index is -5.28. The van der Waals surface area contributed by atoms with Gasteiger partial charge in [-0.25, -0.2) is 4.79 Å². The maximum absolute atomic E-state index is 11.9. The average Bonchev–Trinajstić information content (AvgIpc) is 2.71. The van der Waals surface area contributed by atoms with Crippen molar-refractivity contribution in [1.82, 2.24) is 0 Å². The van der Waals surface area contributed by atoms with Gasteiger partial charge in [0.15, 0.2) is 6.10 Å². The van der Waals surface area contributed by atoms with Crippen LogP contribution in [0.2, 0.25) is 0 Å². The summed E-state index contributed by atoms with van der Waals surface area (Å²) in [5.41, 5.74) is 0. The molecule has 0 aliphatic heterocycles. The van der Waals surface area contributed by atoms with Gasteiger partial charge in [0, 0.05) is 12.3 Å². The molecule has 0 rings (SSSR count). The van der Waals surface area contributed by atoms with Gasteiger partial charge >= 0.3 is 71.1 Å². The van der Waals surface area contributed by atoms with Crippen LogP contribution in [-0.2, 0) is 28.2 Å². The quantitative estimate of drug-likeness (QED) is 0.0623. The maximum atomic E-state index is 11.9. The van der Waals surface area contributed by atoms with Crippen LogP contribution in [0, 0.1) is 47.4 Å². The number of rotatable bonds is 13. The number of carbonyl (C=O) groups excluding carboxylic acids is 2. The van der Waals surface area contributed by atoms with Crippen molar-refractivity contribution >= 4 is 19.8 Å². The second-order valence-electron chi connectivity index (χ2n) is 6.10. The number of hydrogen-bond donors (Lipinski definition) is 0. The number of hydrogen-bond acceptors (Lipinski definition) is 8. The van der Waals surface area contributed by atoms with Gasteiger partial charge in [-0.2, -0.15) is 0 Å². The van der Waals surface area contributed by atoms with Gasteiger partial charge < -0.3 is 28.3 Å². The molecular weight excluding hydrogens is 469 g/mol. The molecule has 0 aliphatic rings. The third kappa shape index (κ3) is 27.4. The normalized spacial score (nSPS) is 9.82. The van der Waals surface area contributed by atoms with Gasteiger partial charge in [-0.15, -0.1) is 0 Å². The molecule has 0 aliphatic carbocycles. The molecule has 0 aromatic rings.